The van der Waals surface area contributed by atoms with E-state index in [2.05, 4.69) is 51.7 Å². The summed E-state index contributed by atoms with van der Waals surface area (Å²) in [6.45, 7) is 13.2. The molecule has 6 nitrogen and oxygen atoms in total. The number of aryl methyl sites for hydroxylation is 1. The maximum atomic E-state index is 13.2. The zero-order valence-corrected chi connectivity index (χ0v) is 20.2. The number of guanidine groups is 1. The number of amides is 1. The highest BCUT2D eigenvalue weighted by atomic mass is 16.3. The molecule has 2 aromatic rings. The smallest absolute Gasteiger partial charge is 0.289 e. The molecule has 0 aliphatic heterocycles. The van der Waals surface area contributed by atoms with Crippen LogP contribution in [0.3, 0.4) is 0 Å². The van der Waals surface area contributed by atoms with Gasteiger partial charge in [-0.15, -0.1) is 0 Å². The zero-order chi connectivity index (χ0) is 23.5. The monoisotopic (exact) mass is 438 g/mol. The van der Waals surface area contributed by atoms with Gasteiger partial charge < -0.3 is 20.8 Å². The van der Waals surface area contributed by atoms with Crippen molar-refractivity contribution in [1.29, 1.82) is 0 Å². The van der Waals surface area contributed by atoms with Crippen LogP contribution in [0.25, 0.3) is 0 Å². The summed E-state index contributed by atoms with van der Waals surface area (Å²) in [7, 11) is 0. The molecular weight excluding hydrogens is 400 g/mol. The predicted octanol–water partition coefficient (Wildman–Crippen LogP) is 4.63. The molecule has 0 fully saturated rings. The molecule has 0 spiro atoms. The summed E-state index contributed by atoms with van der Waals surface area (Å²) >= 11 is 0. The van der Waals surface area contributed by atoms with E-state index < -0.39 is 0 Å². The van der Waals surface area contributed by atoms with Gasteiger partial charge in [-0.2, -0.15) is 0 Å². The van der Waals surface area contributed by atoms with E-state index in [1.165, 1.54) is 28.7 Å². The Balaban J connectivity index is 1.86. The number of carbonyl (C=O) groups is 1. The third-order valence-corrected chi connectivity index (χ3v) is 6.82. The van der Waals surface area contributed by atoms with Crippen molar-refractivity contribution in [3.05, 3.63) is 58.5 Å². The van der Waals surface area contributed by atoms with Crippen LogP contribution in [0.1, 0.15) is 86.2 Å². The van der Waals surface area contributed by atoms with Crippen molar-refractivity contribution in [2.24, 2.45) is 16.5 Å². The lowest BCUT2D eigenvalue weighted by Gasteiger charge is -2.42. The van der Waals surface area contributed by atoms with Gasteiger partial charge in [-0.05, 0) is 77.8 Å². The fourth-order valence-electron chi connectivity index (χ4n) is 4.57. The summed E-state index contributed by atoms with van der Waals surface area (Å²) in [5.74, 6) is 0.378. The van der Waals surface area contributed by atoms with Gasteiger partial charge in [0.15, 0.2) is 11.7 Å². The Labute approximate surface area is 192 Å². The Hall–Kier alpha value is -2.76. The third-order valence-electron chi connectivity index (χ3n) is 6.82. The fourth-order valence-corrected chi connectivity index (χ4v) is 4.57. The molecule has 174 valence electrons. The van der Waals surface area contributed by atoms with Gasteiger partial charge in [0.1, 0.15) is 0 Å². The van der Waals surface area contributed by atoms with Crippen LogP contribution in [0.15, 0.2) is 39.9 Å². The molecule has 0 atom stereocenters. The number of carbonyl (C=O) groups excluding carboxylic acids is 1. The van der Waals surface area contributed by atoms with E-state index >= 15 is 0 Å². The number of benzene rings is 1. The Morgan fingerprint density at radius 2 is 1.75 bits per heavy atom. The molecule has 3 rings (SSSR count). The zero-order valence-electron chi connectivity index (χ0n) is 20.2. The molecule has 0 saturated heterocycles. The van der Waals surface area contributed by atoms with Crippen LogP contribution in [0.4, 0.5) is 0 Å². The first-order chi connectivity index (χ1) is 15.0. The minimum Gasteiger partial charge on any atom is -0.459 e. The number of nitrogens with zero attached hydrogens (tertiary/aromatic N) is 2. The topological polar surface area (TPSA) is 97.9 Å². The van der Waals surface area contributed by atoms with Crippen LogP contribution in [-0.2, 0) is 17.4 Å². The summed E-state index contributed by atoms with van der Waals surface area (Å²) in [5.41, 5.74) is 16.4. The number of furan rings is 1. The summed E-state index contributed by atoms with van der Waals surface area (Å²) in [5, 5.41) is 0. The van der Waals surface area contributed by atoms with Crippen molar-refractivity contribution >= 4 is 11.9 Å². The van der Waals surface area contributed by atoms with Crippen LogP contribution in [0.5, 0.6) is 0 Å². The minimum absolute atomic E-state index is 0.0893. The van der Waals surface area contributed by atoms with E-state index in [0.717, 1.165) is 19.3 Å². The van der Waals surface area contributed by atoms with Gasteiger partial charge in [0.25, 0.3) is 5.91 Å². The van der Waals surface area contributed by atoms with Crippen molar-refractivity contribution in [3.8, 4) is 0 Å². The van der Waals surface area contributed by atoms with Crippen molar-refractivity contribution in [2.75, 3.05) is 13.1 Å². The quantitative estimate of drug-likeness (QED) is 0.356. The van der Waals surface area contributed by atoms with Gasteiger partial charge in [-0.25, -0.2) is 0 Å². The van der Waals surface area contributed by atoms with E-state index in [1.54, 1.807) is 18.4 Å². The van der Waals surface area contributed by atoms with Gasteiger partial charge in [-0.1, -0.05) is 39.8 Å². The summed E-state index contributed by atoms with van der Waals surface area (Å²) in [4.78, 5) is 19.1. The average molecular weight is 439 g/mol. The predicted molar refractivity (Wildman–Crippen MR) is 130 cm³/mol. The highest BCUT2D eigenvalue weighted by molar-refractivity contribution is 5.91. The van der Waals surface area contributed by atoms with Crippen molar-refractivity contribution in [3.63, 3.8) is 0 Å². The van der Waals surface area contributed by atoms with E-state index in [1.807, 2.05) is 4.90 Å². The van der Waals surface area contributed by atoms with Gasteiger partial charge in [-0.3, -0.25) is 9.79 Å². The highest BCUT2D eigenvalue weighted by Gasteiger charge is 2.37. The maximum absolute atomic E-state index is 13.2. The number of aliphatic imine (C=N–C) groups is 1. The minimum atomic E-state index is -0.0893. The second-order valence-corrected chi connectivity index (χ2v) is 10.3. The highest BCUT2D eigenvalue weighted by Crippen LogP contribution is 2.46. The summed E-state index contributed by atoms with van der Waals surface area (Å²) in [6.07, 6.45) is 5.51. The molecule has 6 heteroatoms. The van der Waals surface area contributed by atoms with Gasteiger partial charge in [0.2, 0.25) is 0 Å². The standard InChI is InChI=1S/C26H38N4O2/c1-18-15-20-21(26(4,5)11-10-25(20,2)3)16-19(18)17-30(13-7-6-12-29-24(27)28)23(31)22-9-8-14-32-22/h8-9,14-16H,6-7,10-13,17H2,1-5H3,(H4,27,28,29). The van der Waals surface area contributed by atoms with Gasteiger partial charge >= 0.3 is 0 Å². The molecular formula is C26H38N4O2. The molecule has 1 aliphatic rings. The Bertz CT molecular complexity index is 970. The van der Waals surface area contributed by atoms with E-state index in [-0.39, 0.29) is 22.7 Å². The number of rotatable bonds is 8. The molecule has 0 unspecified atom stereocenters. The second kappa shape index (κ2) is 9.39. The second-order valence-electron chi connectivity index (χ2n) is 10.3. The molecule has 4 N–H and O–H groups in total. The normalized spacial score (nSPS) is 16.3. The maximum Gasteiger partial charge on any atom is 0.289 e. The van der Waals surface area contributed by atoms with Crippen LogP contribution >= 0.6 is 0 Å². The molecule has 32 heavy (non-hydrogen) atoms. The lowest BCUT2D eigenvalue weighted by molar-refractivity contribution is 0.0708. The first-order valence-electron chi connectivity index (χ1n) is 11.5. The molecule has 1 heterocycles. The van der Waals surface area contributed by atoms with Crippen LogP contribution in [0, 0.1) is 6.92 Å². The van der Waals surface area contributed by atoms with Crippen molar-refractivity contribution in [1.82, 2.24) is 4.90 Å². The lowest BCUT2D eigenvalue weighted by Crippen LogP contribution is -2.35. The van der Waals surface area contributed by atoms with Gasteiger partial charge in [0.05, 0.1) is 6.26 Å². The number of hydrogen-bond donors (Lipinski definition) is 2. The SMILES string of the molecule is Cc1cc2c(cc1CN(CCCCN=C(N)N)C(=O)c1ccco1)C(C)(C)CCC2(C)C. The molecule has 1 aliphatic carbocycles. The van der Waals surface area contributed by atoms with Gasteiger partial charge in [0, 0.05) is 19.6 Å². The number of fused-ring (bicyclic) bond motifs is 1. The average Bonchev–Trinajstić information content (AvgIpc) is 3.25. The molecule has 1 aromatic heterocycles. The van der Waals surface area contributed by atoms with Crippen LogP contribution < -0.4 is 11.5 Å². The fraction of sp³-hybridized carbons (Fsp3) is 0.538. The lowest BCUT2D eigenvalue weighted by atomic mass is 9.62. The summed E-state index contributed by atoms with van der Waals surface area (Å²) in [6, 6.07) is 8.16. The molecule has 0 saturated carbocycles. The van der Waals surface area contributed by atoms with E-state index in [4.69, 9.17) is 15.9 Å². The molecule has 1 amide bonds. The Morgan fingerprint density at radius 3 is 2.34 bits per heavy atom. The molecule has 0 bridgehead atoms. The first-order valence-corrected chi connectivity index (χ1v) is 11.5. The Morgan fingerprint density at radius 1 is 1.09 bits per heavy atom. The summed E-state index contributed by atoms with van der Waals surface area (Å²) < 4.78 is 5.41. The number of unbranched alkanes of at least 4 members (excludes halogenated alkanes) is 1. The van der Waals surface area contributed by atoms with Crippen LogP contribution in [-0.4, -0.2) is 29.9 Å². The Kier molecular flexibility index (Phi) is 7.01. The van der Waals surface area contributed by atoms with E-state index in [0.29, 0.717) is 25.4 Å². The number of nitrogens with two attached hydrogens (primary N) is 2. The van der Waals surface area contributed by atoms with Crippen molar-refractivity contribution < 1.29 is 9.21 Å². The first kappa shape index (κ1) is 23.9. The molecule has 1 aromatic carbocycles. The largest absolute Gasteiger partial charge is 0.459 e. The van der Waals surface area contributed by atoms with Crippen LogP contribution in [0.2, 0.25) is 0 Å². The van der Waals surface area contributed by atoms with E-state index in [9.17, 15) is 4.79 Å². The third kappa shape index (κ3) is 5.34. The number of hydrogen-bond acceptors (Lipinski definition) is 3. The van der Waals surface area contributed by atoms with Crippen molar-refractivity contribution in [2.45, 2.75) is 77.7 Å². The molecule has 0 radical (unpaired) electrons.